The molecule has 2 heterocycles. The van der Waals surface area contributed by atoms with Crippen molar-refractivity contribution in [2.24, 2.45) is 0 Å². The normalized spacial score (nSPS) is 13.5. The predicted octanol–water partition coefficient (Wildman–Crippen LogP) is 4.56. The number of hydrogen-bond donors (Lipinski definition) is 1. The number of furan rings is 1. The highest BCUT2D eigenvalue weighted by Gasteiger charge is 2.31. The Morgan fingerprint density at radius 1 is 1.06 bits per heavy atom. The van der Waals surface area contributed by atoms with Crippen LogP contribution in [0, 0.1) is 0 Å². The Hall–Kier alpha value is -3.95. The number of nitrogens with one attached hydrogen (secondary N) is 1. The van der Waals surface area contributed by atoms with E-state index in [0.717, 1.165) is 17.7 Å². The molecule has 3 aromatic rings. The van der Waals surface area contributed by atoms with Crippen LogP contribution >= 0.6 is 0 Å². The third-order valence-corrected chi connectivity index (χ3v) is 4.84. The predicted molar refractivity (Wildman–Crippen MR) is 108 cm³/mol. The Labute approximate surface area is 186 Å². The summed E-state index contributed by atoms with van der Waals surface area (Å²) in [7, 11) is 0. The van der Waals surface area contributed by atoms with Gasteiger partial charge in [0.2, 0.25) is 12.6 Å². The minimum absolute atomic E-state index is 0.0629. The molecular weight excluding hydrogens is 443 g/mol. The number of amides is 1. The average molecular weight is 461 g/mol. The fourth-order valence-electron chi connectivity index (χ4n) is 3.11. The zero-order chi connectivity index (χ0) is 23.6. The summed E-state index contributed by atoms with van der Waals surface area (Å²) in [6, 6.07) is 12.4. The van der Waals surface area contributed by atoms with Gasteiger partial charge in [0.1, 0.15) is 5.76 Å². The van der Waals surface area contributed by atoms with E-state index < -0.39 is 29.7 Å². The summed E-state index contributed by atoms with van der Waals surface area (Å²) in [5, 5.41) is 2.65. The fourth-order valence-corrected chi connectivity index (χ4v) is 3.11. The lowest BCUT2D eigenvalue weighted by molar-refractivity contribution is -0.137. The number of fused-ring (bicyclic) bond motifs is 1. The van der Waals surface area contributed by atoms with Crippen LogP contribution in [0.1, 0.15) is 28.6 Å². The zero-order valence-corrected chi connectivity index (χ0v) is 17.3. The maximum absolute atomic E-state index is 12.9. The van der Waals surface area contributed by atoms with Gasteiger partial charge in [0.05, 0.1) is 5.56 Å². The fraction of sp³-hybridized carbons (Fsp3) is 0.217. The van der Waals surface area contributed by atoms with E-state index in [2.05, 4.69) is 5.32 Å². The van der Waals surface area contributed by atoms with Crippen molar-refractivity contribution < 1.29 is 41.4 Å². The molecule has 10 heteroatoms. The van der Waals surface area contributed by atoms with Crippen LogP contribution in [0.15, 0.2) is 59.0 Å². The summed E-state index contributed by atoms with van der Waals surface area (Å²) >= 11 is 0. The van der Waals surface area contributed by atoms with Crippen LogP contribution < -0.4 is 14.8 Å². The van der Waals surface area contributed by atoms with Crippen LogP contribution in [0.3, 0.4) is 0 Å². The van der Waals surface area contributed by atoms with E-state index in [1.54, 1.807) is 18.2 Å². The van der Waals surface area contributed by atoms with Crippen molar-refractivity contribution in [3.8, 4) is 22.8 Å². The van der Waals surface area contributed by atoms with Crippen molar-refractivity contribution in [1.82, 2.24) is 5.32 Å². The molecule has 33 heavy (non-hydrogen) atoms. The molecule has 1 aliphatic rings. The summed E-state index contributed by atoms with van der Waals surface area (Å²) in [5.74, 6) is -0.429. The molecule has 1 amide bonds. The van der Waals surface area contributed by atoms with E-state index >= 15 is 0 Å². The van der Waals surface area contributed by atoms with E-state index in [1.165, 1.54) is 31.2 Å². The maximum atomic E-state index is 12.9. The van der Waals surface area contributed by atoms with Gasteiger partial charge in [0, 0.05) is 12.1 Å². The number of alkyl halides is 3. The molecule has 172 valence electrons. The van der Waals surface area contributed by atoms with Gasteiger partial charge in [-0.2, -0.15) is 13.2 Å². The van der Waals surface area contributed by atoms with Crippen LogP contribution in [-0.4, -0.2) is 24.8 Å². The number of ether oxygens (including phenoxy) is 3. The molecule has 0 bridgehead atoms. The number of halogens is 3. The molecule has 1 N–H and O–H groups in total. The topological polar surface area (TPSA) is 87.0 Å². The van der Waals surface area contributed by atoms with Crippen LogP contribution in [0.5, 0.6) is 11.5 Å². The second-order valence-corrected chi connectivity index (χ2v) is 7.20. The van der Waals surface area contributed by atoms with Crippen molar-refractivity contribution in [2.75, 3.05) is 6.79 Å². The van der Waals surface area contributed by atoms with Crippen molar-refractivity contribution >= 4 is 11.9 Å². The highest BCUT2D eigenvalue weighted by Crippen LogP contribution is 2.33. The lowest BCUT2D eigenvalue weighted by Crippen LogP contribution is -2.35. The van der Waals surface area contributed by atoms with E-state index in [9.17, 15) is 22.8 Å². The van der Waals surface area contributed by atoms with Crippen molar-refractivity contribution in [1.29, 1.82) is 0 Å². The SMILES string of the molecule is CC(OC(=O)c1ccc(-c2cccc(C(F)(F)F)c2)o1)C(=O)NCc1ccc2c(c1)OCO2. The van der Waals surface area contributed by atoms with Gasteiger partial charge in [-0.3, -0.25) is 4.79 Å². The average Bonchev–Trinajstić information content (AvgIpc) is 3.46. The minimum Gasteiger partial charge on any atom is -0.454 e. The lowest BCUT2D eigenvalue weighted by atomic mass is 10.1. The third-order valence-electron chi connectivity index (χ3n) is 4.84. The van der Waals surface area contributed by atoms with Crippen LogP contribution in [0.4, 0.5) is 13.2 Å². The van der Waals surface area contributed by atoms with E-state index in [0.29, 0.717) is 11.5 Å². The Balaban J connectivity index is 1.34. The molecule has 1 aliphatic heterocycles. The maximum Gasteiger partial charge on any atom is 0.416 e. The van der Waals surface area contributed by atoms with Crippen molar-refractivity contribution in [3.63, 3.8) is 0 Å². The zero-order valence-electron chi connectivity index (χ0n) is 17.3. The van der Waals surface area contributed by atoms with Gasteiger partial charge in [0.25, 0.3) is 5.91 Å². The molecular formula is C23H18F3NO6. The van der Waals surface area contributed by atoms with Gasteiger partial charge in [-0.25, -0.2) is 4.79 Å². The standard InChI is InChI=1S/C23H18F3NO6/c1-13(21(28)27-11-14-5-6-18-20(9-14)31-12-30-18)32-22(29)19-8-7-17(33-19)15-3-2-4-16(10-15)23(24,25)26/h2-10,13H,11-12H2,1H3,(H,27,28). The number of rotatable bonds is 6. The van der Waals surface area contributed by atoms with Gasteiger partial charge in [0.15, 0.2) is 17.6 Å². The molecule has 1 unspecified atom stereocenters. The first kappa shape index (κ1) is 22.3. The minimum atomic E-state index is -4.51. The van der Waals surface area contributed by atoms with Crippen LogP contribution in [-0.2, 0) is 22.3 Å². The summed E-state index contributed by atoms with van der Waals surface area (Å²) in [6.45, 7) is 1.71. The first-order valence-corrected chi connectivity index (χ1v) is 9.85. The monoisotopic (exact) mass is 461 g/mol. The van der Waals surface area contributed by atoms with Crippen LogP contribution in [0.2, 0.25) is 0 Å². The Bertz CT molecular complexity index is 1190. The molecule has 2 aromatic carbocycles. The molecule has 1 atom stereocenters. The van der Waals surface area contributed by atoms with Crippen molar-refractivity contribution in [3.05, 3.63) is 71.5 Å². The lowest BCUT2D eigenvalue weighted by Gasteiger charge is -2.13. The number of hydrogen-bond acceptors (Lipinski definition) is 6. The number of carbonyl (C=O) groups excluding carboxylic acids is 2. The Morgan fingerprint density at radius 3 is 2.64 bits per heavy atom. The van der Waals surface area contributed by atoms with Gasteiger partial charge in [-0.05, 0) is 48.9 Å². The first-order chi connectivity index (χ1) is 15.7. The second-order valence-electron chi connectivity index (χ2n) is 7.20. The van der Waals surface area contributed by atoms with E-state index in [-0.39, 0.29) is 30.4 Å². The number of benzene rings is 2. The first-order valence-electron chi connectivity index (χ1n) is 9.85. The summed E-state index contributed by atoms with van der Waals surface area (Å²) in [6.07, 6.45) is -5.64. The molecule has 0 saturated heterocycles. The molecule has 4 rings (SSSR count). The van der Waals surface area contributed by atoms with Crippen LogP contribution in [0.25, 0.3) is 11.3 Å². The van der Waals surface area contributed by atoms with Gasteiger partial charge >= 0.3 is 12.1 Å². The molecule has 1 aromatic heterocycles. The van der Waals surface area contributed by atoms with Gasteiger partial charge in [-0.1, -0.05) is 18.2 Å². The van der Waals surface area contributed by atoms with Crippen molar-refractivity contribution in [2.45, 2.75) is 25.7 Å². The molecule has 0 radical (unpaired) electrons. The number of carbonyl (C=O) groups is 2. The van der Waals surface area contributed by atoms with Gasteiger partial charge in [-0.15, -0.1) is 0 Å². The molecule has 0 fully saturated rings. The molecule has 7 nitrogen and oxygen atoms in total. The Kier molecular flexibility index (Phi) is 5.99. The second kappa shape index (κ2) is 8.89. The van der Waals surface area contributed by atoms with E-state index in [4.69, 9.17) is 18.6 Å². The summed E-state index contributed by atoms with van der Waals surface area (Å²) in [4.78, 5) is 24.6. The molecule has 0 spiro atoms. The third kappa shape index (κ3) is 5.11. The Morgan fingerprint density at radius 2 is 1.85 bits per heavy atom. The van der Waals surface area contributed by atoms with E-state index in [1.807, 2.05) is 0 Å². The highest BCUT2D eigenvalue weighted by atomic mass is 19.4. The number of esters is 1. The molecule has 0 saturated carbocycles. The molecule has 0 aliphatic carbocycles. The summed E-state index contributed by atoms with van der Waals surface area (Å²) in [5.41, 5.74) is 0.0783. The summed E-state index contributed by atoms with van der Waals surface area (Å²) < 4.78 is 59.7. The smallest absolute Gasteiger partial charge is 0.416 e. The quantitative estimate of drug-likeness (QED) is 0.542. The highest BCUT2D eigenvalue weighted by molar-refractivity contribution is 5.90. The van der Waals surface area contributed by atoms with Gasteiger partial charge < -0.3 is 23.9 Å². The largest absolute Gasteiger partial charge is 0.454 e.